The minimum Gasteiger partial charge on any atom is -0.492 e. The van der Waals surface area contributed by atoms with E-state index in [0.29, 0.717) is 16.9 Å². The molecule has 5 nitrogen and oxygen atoms in total. The van der Waals surface area contributed by atoms with Gasteiger partial charge in [-0.2, -0.15) is 0 Å². The van der Waals surface area contributed by atoms with Crippen LogP contribution in [0.5, 0.6) is 0 Å². The van der Waals surface area contributed by atoms with Crippen molar-refractivity contribution in [2.24, 2.45) is 0 Å². The van der Waals surface area contributed by atoms with Crippen LogP contribution in [0.15, 0.2) is 34.6 Å². The molecule has 130 valence electrons. The molecule has 0 bridgehead atoms. The van der Waals surface area contributed by atoms with Crippen molar-refractivity contribution in [1.29, 1.82) is 0 Å². The summed E-state index contributed by atoms with van der Waals surface area (Å²) in [6, 6.07) is 3.28. The molecule has 1 unspecified atom stereocenters. The van der Waals surface area contributed by atoms with Crippen molar-refractivity contribution in [3.05, 3.63) is 69.4 Å². The summed E-state index contributed by atoms with van der Waals surface area (Å²) in [6.07, 6.45) is 5.58. The molecule has 1 atom stereocenters. The van der Waals surface area contributed by atoms with Gasteiger partial charge in [0, 0.05) is 33.7 Å². The smallest absolute Gasteiger partial charge is 0.228 e. The van der Waals surface area contributed by atoms with Crippen molar-refractivity contribution in [2.45, 2.75) is 31.6 Å². The van der Waals surface area contributed by atoms with Gasteiger partial charge in [0.05, 0.1) is 13.4 Å². The van der Waals surface area contributed by atoms with Gasteiger partial charge >= 0.3 is 0 Å². The van der Waals surface area contributed by atoms with Gasteiger partial charge in [0.25, 0.3) is 0 Å². The lowest BCUT2D eigenvalue weighted by atomic mass is 9.62. The van der Waals surface area contributed by atoms with Gasteiger partial charge in [0.2, 0.25) is 11.6 Å². The molecule has 2 aromatic rings. The number of benzene rings is 1. The van der Waals surface area contributed by atoms with Gasteiger partial charge in [-0.3, -0.25) is 14.4 Å². The van der Waals surface area contributed by atoms with Crippen LogP contribution in [0, 0.1) is 0 Å². The van der Waals surface area contributed by atoms with E-state index in [0.717, 1.165) is 36.0 Å². The Morgan fingerprint density at radius 1 is 1.08 bits per heavy atom. The Bertz CT molecular complexity index is 1070. The molecule has 3 aliphatic rings. The lowest BCUT2D eigenvalue weighted by molar-refractivity contribution is 0.0915. The number of Topliss-reactive ketones (excluding diaryl/α,β-unsaturated/α-hetero) is 1. The zero-order valence-corrected chi connectivity index (χ0v) is 14.5. The van der Waals surface area contributed by atoms with Gasteiger partial charge in [-0.25, -0.2) is 0 Å². The van der Waals surface area contributed by atoms with Crippen LogP contribution in [-0.2, 0) is 16.6 Å². The van der Waals surface area contributed by atoms with E-state index in [1.807, 2.05) is 0 Å². The molecule has 0 fully saturated rings. The van der Waals surface area contributed by atoms with Crippen LogP contribution >= 0.6 is 0 Å². The molecule has 1 aromatic carbocycles. The third kappa shape index (κ3) is 1.68. The van der Waals surface area contributed by atoms with Crippen LogP contribution < -0.4 is 0 Å². The summed E-state index contributed by atoms with van der Waals surface area (Å²) < 4.78 is 10.7. The monoisotopic (exact) mass is 348 g/mol. The quantitative estimate of drug-likeness (QED) is 0.790. The Labute approximate surface area is 149 Å². The van der Waals surface area contributed by atoms with Crippen molar-refractivity contribution < 1.29 is 23.5 Å². The number of hydrogen-bond donors (Lipinski definition) is 0. The fraction of sp³-hybridized carbons (Fsp3) is 0.286. The minimum atomic E-state index is -0.397. The molecule has 1 heterocycles. The van der Waals surface area contributed by atoms with Gasteiger partial charge in [0.15, 0.2) is 17.3 Å². The van der Waals surface area contributed by atoms with E-state index >= 15 is 0 Å². The molecule has 0 N–H and O–H groups in total. The number of rotatable bonds is 1. The average molecular weight is 348 g/mol. The molecule has 5 rings (SSSR count). The van der Waals surface area contributed by atoms with Gasteiger partial charge in [-0.15, -0.1) is 0 Å². The van der Waals surface area contributed by atoms with Crippen LogP contribution in [0.3, 0.4) is 0 Å². The number of ketones is 3. The summed E-state index contributed by atoms with van der Waals surface area (Å²) in [5.41, 5.74) is 3.42. The summed E-state index contributed by atoms with van der Waals surface area (Å²) in [4.78, 5) is 38.1. The molecule has 0 amide bonds. The van der Waals surface area contributed by atoms with Crippen molar-refractivity contribution in [2.75, 3.05) is 7.11 Å². The Balaban J connectivity index is 1.81. The second-order valence-electron chi connectivity index (χ2n) is 7.33. The summed E-state index contributed by atoms with van der Waals surface area (Å²) >= 11 is 0. The topological polar surface area (TPSA) is 73.6 Å². The molecule has 1 aromatic heterocycles. The van der Waals surface area contributed by atoms with E-state index in [2.05, 4.69) is 6.92 Å². The first-order valence-electron chi connectivity index (χ1n) is 8.64. The van der Waals surface area contributed by atoms with E-state index in [1.165, 1.54) is 13.2 Å². The number of aryl methyl sites for hydroxylation is 1. The lowest BCUT2D eigenvalue weighted by Gasteiger charge is -2.39. The van der Waals surface area contributed by atoms with Crippen LogP contribution in [0.1, 0.15) is 73.3 Å². The highest BCUT2D eigenvalue weighted by molar-refractivity contribution is 6.25. The van der Waals surface area contributed by atoms with Crippen LogP contribution in [0.2, 0.25) is 0 Å². The maximum absolute atomic E-state index is 13.0. The van der Waals surface area contributed by atoms with E-state index in [4.69, 9.17) is 9.15 Å². The van der Waals surface area contributed by atoms with Crippen molar-refractivity contribution in [3.8, 4) is 0 Å². The van der Waals surface area contributed by atoms with Crippen molar-refractivity contribution in [1.82, 2.24) is 0 Å². The molecule has 0 spiro atoms. The summed E-state index contributed by atoms with van der Waals surface area (Å²) in [6.45, 7) is 2.09. The van der Waals surface area contributed by atoms with E-state index in [9.17, 15) is 14.4 Å². The van der Waals surface area contributed by atoms with Crippen molar-refractivity contribution in [3.63, 3.8) is 0 Å². The zero-order chi connectivity index (χ0) is 18.2. The molecule has 26 heavy (non-hydrogen) atoms. The molecule has 0 aliphatic heterocycles. The molecule has 3 aliphatic carbocycles. The number of ether oxygens (including phenoxy) is 1. The minimum absolute atomic E-state index is 0.0306. The molecular formula is C21H16O5. The van der Waals surface area contributed by atoms with E-state index in [-0.39, 0.29) is 28.7 Å². The van der Waals surface area contributed by atoms with Gasteiger partial charge in [-0.05, 0) is 42.5 Å². The van der Waals surface area contributed by atoms with E-state index < -0.39 is 5.41 Å². The Morgan fingerprint density at radius 2 is 1.88 bits per heavy atom. The Morgan fingerprint density at radius 3 is 2.65 bits per heavy atom. The molecule has 0 saturated carbocycles. The largest absolute Gasteiger partial charge is 0.492 e. The van der Waals surface area contributed by atoms with Crippen LogP contribution in [0.4, 0.5) is 0 Å². The third-order valence-corrected chi connectivity index (χ3v) is 5.96. The molecule has 5 heteroatoms. The van der Waals surface area contributed by atoms with Gasteiger partial charge in [0.1, 0.15) is 0 Å². The van der Waals surface area contributed by atoms with E-state index in [1.54, 1.807) is 18.4 Å². The lowest BCUT2D eigenvalue weighted by Crippen LogP contribution is -2.36. The number of methoxy groups -OCH3 is 1. The van der Waals surface area contributed by atoms with Gasteiger partial charge in [-0.1, -0.05) is 6.92 Å². The summed E-state index contributed by atoms with van der Waals surface area (Å²) in [5.74, 6) is -0.465. The maximum atomic E-state index is 13.0. The number of fused-ring (bicyclic) bond motifs is 3. The Hall–Kier alpha value is -2.95. The number of allylic oxidation sites excluding steroid dienone is 2. The highest BCUT2D eigenvalue weighted by Crippen LogP contribution is 2.50. The standard InChI is InChI=1S/C21H16O5/c1-21-5-3-4-10-9-26-20(17(10)21)19(24)13-6-11-12(7-14(13)21)18(23)16(25-2)8-15(11)22/h6-9H,3-5H2,1-2H3. The number of carbonyl (C=O) groups excluding carboxylic acids is 3. The SMILES string of the molecule is COC1=CC(=O)c2cc3c(cc2C1=O)C1(C)CCCc2coc(c21)C3=O. The second-order valence-corrected chi connectivity index (χ2v) is 7.33. The fourth-order valence-corrected chi connectivity index (χ4v) is 4.68. The zero-order valence-electron chi connectivity index (χ0n) is 14.5. The average Bonchev–Trinajstić information content (AvgIpc) is 3.08. The normalized spacial score (nSPS) is 23.2. The second kappa shape index (κ2) is 4.81. The molecule has 0 radical (unpaired) electrons. The number of carbonyl (C=O) groups is 3. The first-order valence-corrected chi connectivity index (χ1v) is 8.64. The highest BCUT2D eigenvalue weighted by atomic mass is 16.5. The summed E-state index contributed by atoms with van der Waals surface area (Å²) in [5, 5.41) is 0. The number of hydrogen-bond acceptors (Lipinski definition) is 5. The fourth-order valence-electron chi connectivity index (χ4n) is 4.68. The predicted molar refractivity (Wildman–Crippen MR) is 91.7 cm³/mol. The number of furan rings is 1. The van der Waals surface area contributed by atoms with Gasteiger partial charge < -0.3 is 9.15 Å². The Kier molecular flexibility index (Phi) is 2.84. The van der Waals surface area contributed by atoms with Crippen molar-refractivity contribution >= 4 is 17.3 Å². The maximum Gasteiger partial charge on any atom is 0.228 e. The third-order valence-electron chi connectivity index (χ3n) is 5.96. The predicted octanol–water partition coefficient (Wildman–Crippen LogP) is 3.38. The molecular weight excluding hydrogens is 332 g/mol. The first kappa shape index (κ1) is 15.3. The highest BCUT2D eigenvalue weighted by Gasteiger charge is 2.47. The summed E-state index contributed by atoms with van der Waals surface area (Å²) in [7, 11) is 1.37. The van der Waals surface area contributed by atoms with Crippen LogP contribution in [0.25, 0.3) is 0 Å². The molecule has 0 saturated heterocycles. The first-order chi connectivity index (χ1) is 12.5. The van der Waals surface area contributed by atoms with Crippen LogP contribution in [-0.4, -0.2) is 24.5 Å².